The first kappa shape index (κ1) is 24.0. The number of Topliss-reactive ketones (excluding diaryl/α,β-unsaturated/α-hetero) is 1. The quantitative estimate of drug-likeness (QED) is 0.384. The molecule has 1 fully saturated rings. The molecule has 36 heavy (non-hydrogen) atoms. The minimum Gasteiger partial charge on any atom is -0.363 e. The predicted octanol–water partition coefficient (Wildman–Crippen LogP) is 5.42. The van der Waals surface area contributed by atoms with E-state index in [0.717, 1.165) is 4.68 Å². The second-order valence-electron chi connectivity index (χ2n) is 9.19. The number of amides is 1. The summed E-state index contributed by atoms with van der Waals surface area (Å²) in [7, 11) is 0. The first-order valence-electron chi connectivity index (χ1n) is 11.8. The molecule has 2 aliphatic heterocycles. The molecule has 3 heterocycles. The average Bonchev–Trinajstić information content (AvgIpc) is 3.32. The molecule has 0 saturated carbocycles. The van der Waals surface area contributed by atoms with Gasteiger partial charge in [-0.2, -0.15) is 18.3 Å². The SMILES string of the molecule is O=C(c1ccc(F)cc1)C1CCN(C(=O)c2cnn3c2NC(c2ccccc2)CC3C(F)(F)F)CC1. The summed E-state index contributed by atoms with van der Waals surface area (Å²) < 4.78 is 55.8. The normalized spacial score (nSPS) is 20.5. The Balaban J connectivity index is 1.34. The van der Waals surface area contributed by atoms with Crippen molar-refractivity contribution in [3.63, 3.8) is 0 Å². The van der Waals surface area contributed by atoms with Gasteiger partial charge in [-0.25, -0.2) is 9.07 Å². The van der Waals surface area contributed by atoms with Crippen molar-refractivity contribution in [1.29, 1.82) is 0 Å². The highest BCUT2D eigenvalue weighted by molar-refractivity contribution is 6.00. The minimum atomic E-state index is -4.53. The number of benzene rings is 2. The Labute approximate surface area is 204 Å². The van der Waals surface area contributed by atoms with Crippen LogP contribution in [0.5, 0.6) is 0 Å². The molecule has 1 N–H and O–H groups in total. The number of rotatable bonds is 4. The van der Waals surface area contributed by atoms with Gasteiger partial charge in [0, 0.05) is 31.0 Å². The van der Waals surface area contributed by atoms with Gasteiger partial charge in [0.1, 0.15) is 17.2 Å². The van der Waals surface area contributed by atoms with Crippen LogP contribution in [0, 0.1) is 11.7 Å². The van der Waals surface area contributed by atoms with E-state index in [2.05, 4.69) is 10.4 Å². The summed E-state index contributed by atoms with van der Waals surface area (Å²) in [6.45, 7) is 0.567. The summed E-state index contributed by atoms with van der Waals surface area (Å²) in [5, 5.41) is 7.05. The molecule has 1 aromatic heterocycles. The molecule has 0 spiro atoms. The van der Waals surface area contributed by atoms with Crippen LogP contribution in [0.4, 0.5) is 23.4 Å². The Morgan fingerprint density at radius 1 is 0.972 bits per heavy atom. The Hall–Kier alpha value is -3.69. The number of aromatic nitrogens is 2. The van der Waals surface area contributed by atoms with E-state index in [9.17, 15) is 27.2 Å². The fourth-order valence-electron chi connectivity index (χ4n) is 4.99. The monoisotopic (exact) mass is 500 g/mol. The topological polar surface area (TPSA) is 67.2 Å². The maximum Gasteiger partial charge on any atom is 0.410 e. The van der Waals surface area contributed by atoms with Gasteiger partial charge in [-0.05, 0) is 42.7 Å². The molecule has 1 amide bonds. The standard InChI is InChI=1S/C26H24F4N4O2/c27-19-8-6-17(7-9-19)23(35)18-10-12-33(13-11-18)25(36)20-15-31-34-22(26(28,29)30)14-21(32-24(20)34)16-4-2-1-3-5-16/h1-9,15,18,21-22,32H,10-14H2. The Morgan fingerprint density at radius 2 is 1.64 bits per heavy atom. The summed E-state index contributed by atoms with van der Waals surface area (Å²) in [6, 6.07) is 11.7. The summed E-state index contributed by atoms with van der Waals surface area (Å²) in [5.74, 6) is -1.22. The van der Waals surface area contributed by atoms with Gasteiger partial charge < -0.3 is 10.2 Å². The van der Waals surface area contributed by atoms with Crippen LogP contribution < -0.4 is 5.32 Å². The third-order valence-electron chi connectivity index (χ3n) is 6.95. The average molecular weight is 500 g/mol. The van der Waals surface area contributed by atoms with E-state index in [1.54, 1.807) is 35.2 Å². The van der Waals surface area contributed by atoms with Crippen LogP contribution in [0.1, 0.15) is 57.6 Å². The molecular weight excluding hydrogens is 476 g/mol. The number of halogens is 4. The molecule has 5 rings (SSSR count). The molecule has 3 aromatic rings. The van der Waals surface area contributed by atoms with Crippen LogP contribution in [0.15, 0.2) is 60.8 Å². The fourth-order valence-corrected chi connectivity index (χ4v) is 4.99. The zero-order chi connectivity index (χ0) is 25.4. The summed E-state index contributed by atoms with van der Waals surface area (Å²) in [6.07, 6.45) is -2.76. The van der Waals surface area contributed by atoms with Gasteiger partial charge in [-0.1, -0.05) is 30.3 Å². The number of anilines is 1. The Bertz CT molecular complexity index is 1250. The zero-order valence-electron chi connectivity index (χ0n) is 19.2. The van der Waals surface area contributed by atoms with E-state index in [1.165, 1.54) is 30.5 Å². The summed E-state index contributed by atoms with van der Waals surface area (Å²) in [4.78, 5) is 27.6. The number of likely N-dealkylation sites (tertiary alicyclic amines) is 1. The van der Waals surface area contributed by atoms with Crippen molar-refractivity contribution in [1.82, 2.24) is 14.7 Å². The second kappa shape index (κ2) is 9.40. The molecule has 2 unspecified atom stereocenters. The van der Waals surface area contributed by atoms with Crippen molar-refractivity contribution in [3.8, 4) is 0 Å². The van der Waals surface area contributed by atoms with Crippen molar-refractivity contribution in [2.24, 2.45) is 5.92 Å². The lowest BCUT2D eigenvalue weighted by Gasteiger charge is -2.35. The molecule has 0 bridgehead atoms. The van der Waals surface area contributed by atoms with E-state index in [4.69, 9.17) is 0 Å². The van der Waals surface area contributed by atoms with Crippen LogP contribution >= 0.6 is 0 Å². The van der Waals surface area contributed by atoms with E-state index in [0.29, 0.717) is 24.0 Å². The maximum atomic E-state index is 13.9. The van der Waals surface area contributed by atoms with Crippen LogP contribution in [-0.2, 0) is 0 Å². The third-order valence-corrected chi connectivity index (χ3v) is 6.95. The van der Waals surface area contributed by atoms with Crippen molar-refractivity contribution in [2.75, 3.05) is 18.4 Å². The molecule has 1 saturated heterocycles. The molecule has 188 valence electrons. The van der Waals surface area contributed by atoms with Gasteiger partial charge in [0.2, 0.25) is 0 Å². The molecule has 2 aromatic carbocycles. The van der Waals surface area contributed by atoms with Crippen LogP contribution in [-0.4, -0.2) is 45.6 Å². The van der Waals surface area contributed by atoms with Gasteiger partial charge in [0.25, 0.3) is 5.91 Å². The molecule has 10 heteroatoms. The maximum absolute atomic E-state index is 13.9. The summed E-state index contributed by atoms with van der Waals surface area (Å²) >= 11 is 0. The van der Waals surface area contributed by atoms with Gasteiger partial charge in [-0.15, -0.1) is 0 Å². The molecular formula is C26H24F4N4O2. The van der Waals surface area contributed by atoms with Crippen molar-refractivity contribution >= 4 is 17.5 Å². The first-order chi connectivity index (χ1) is 17.2. The highest BCUT2D eigenvalue weighted by atomic mass is 19.4. The van der Waals surface area contributed by atoms with E-state index in [-0.39, 0.29) is 42.6 Å². The lowest BCUT2D eigenvalue weighted by Crippen LogP contribution is -2.41. The molecule has 2 atom stereocenters. The number of nitrogens with one attached hydrogen (secondary N) is 1. The van der Waals surface area contributed by atoms with Crippen molar-refractivity contribution in [3.05, 3.63) is 83.3 Å². The van der Waals surface area contributed by atoms with Crippen molar-refractivity contribution in [2.45, 2.75) is 37.5 Å². The number of fused-ring (bicyclic) bond motifs is 1. The van der Waals surface area contributed by atoms with Gasteiger partial charge >= 0.3 is 6.18 Å². The number of ketones is 1. The van der Waals surface area contributed by atoms with Crippen LogP contribution in [0.2, 0.25) is 0 Å². The number of alkyl halides is 3. The summed E-state index contributed by atoms with van der Waals surface area (Å²) in [5.41, 5.74) is 1.19. The number of carbonyl (C=O) groups is 2. The van der Waals surface area contributed by atoms with Crippen LogP contribution in [0.3, 0.4) is 0 Å². The van der Waals surface area contributed by atoms with Gasteiger partial charge in [0.15, 0.2) is 11.8 Å². The van der Waals surface area contributed by atoms with E-state index in [1.807, 2.05) is 0 Å². The lowest BCUT2D eigenvalue weighted by atomic mass is 9.88. The highest BCUT2D eigenvalue weighted by Gasteiger charge is 2.47. The minimum absolute atomic E-state index is 0.0481. The Morgan fingerprint density at radius 3 is 2.28 bits per heavy atom. The number of hydrogen-bond donors (Lipinski definition) is 1. The molecule has 0 radical (unpaired) electrons. The number of piperidine rings is 1. The smallest absolute Gasteiger partial charge is 0.363 e. The Kier molecular flexibility index (Phi) is 6.27. The second-order valence-corrected chi connectivity index (χ2v) is 9.19. The van der Waals surface area contributed by atoms with Crippen LogP contribution in [0.25, 0.3) is 0 Å². The molecule has 0 aliphatic carbocycles. The lowest BCUT2D eigenvalue weighted by molar-refractivity contribution is -0.173. The zero-order valence-corrected chi connectivity index (χ0v) is 19.2. The third kappa shape index (κ3) is 4.59. The highest BCUT2D eigenvalue weighted by Crippen LogP contribution is 2.44. The van der Waals surface area contributed by atoms with Gasteiger partial charge in [-0.3, -0.25) is 9.59 Å². The largest absolute Gasteiger partial charge is 0.410 e. The molecule has 2 aliphatic rings. The fraction of sp³-hybridized carbons (Fsp3) is 0.346. The number of nitrogens with zero attached hydrogens (tertiary/aromatic N) is 3. The molecule has 6 nitrogen and oxygen atoms in total. The number of carbonyl (C=O) groups excluding carboxylic acids is 2. The van der Waals surface area contributed by atoms with E-state index >= 15 is 0 Å². The van der Waals surface area contributed by atoms with Crippen molar-refractivity contribution < 1.29 is 27.2 Å². The number of hydrogen-bond acceptors (Lipinski definition) is 4. The first-order valence-corrected chi connectivity index (χ1v) is 11.8. The van der Waals surface area contributed by atoms with E-state index < -0.39 is 30.0 Å². The predicted molar refractivity (Wildman–Crippen MR) is 124 cm³/mol. The van der Waals surface area contributed by atoms with Gasteiger partial charge in [0.05, 0.1) is 12.2 Å².